The SMILES string of the molecule is CCN1CCN(c2cc(Cl)nc(SCc3ccc(C(=O)NCCN4CCOCC4)cc3)n2)CC1. The molecule has 0 atom stereocenters. The lowest BCUT2D eigenvalue weighted by Crippen LogP contribution is -2.46. The molecule has 0 spiro atoms. The first-order valence-electron chi connectivity index (χ1n) is 11.9. The molecule has 0 bridgehead atoms. The standard InChI is InChI=1S/C24H33ClN6O2S/c1-2-29-9-11-31(12-10-29)22-17-21(25)27-24(28-22)34-18-19-3-5-20(6-4-19)23(32)26-7-8-30-13-15-33-16-14-30/h3-6,17H,2,7-16,18H2,1H3,(H,26,32). The van der Waals surface area contributed by atoms with Crippen molar-refractivity contribution in [2.45, 2.75) is 17.8 Å². The Balaban J connectivity index is 1.26. The summed E-state index contributed by atoms with van der Waals surface area (Å²) in [6, 6.07) is 9.56. The number of aromatic nitrogens is 2. The normalized spacial score (nSPS) is 17.6. The molecule has 2 saturated heterocycles. The van der Waals surface area contributed by atoms with E-state index in [2.05, 4.69) is 31.9 Å². The van der Waals surface area contributed by atoms with Gasteiger partial charge in [-0.25, -0.2) is 9.97 Å². The minimum absolute atomic E-state index is 0.0431. The number of carbonyl (C=O) groups is 1. The zero-order valence-electron chi connectivity index (χ0n) is 19.7. The Labute approximate surface area is 211 Å². The Morgan fingerprint density at radius 2 is 1.79 bits per heavy atom. The topological polar surface area (TPSA) is 73.8 Å². The highest BCUT2D eigenvalue weighted by atomic mass is 35.5. The van der Waals surface area contributed by atoms with Crippen molar-refractivity contribution in [3.8, 4) is 0 Å². The Morgan fingerprint density at radius 1 is 1.06 bits per heavy atom. The van der Waals surface area contributed by atoms with Crippen LogP contribution < -0.4 is 10.2 Å². The summed E-state index contributed by atoms with van der Waals surface area (Å²) >= 11 is 7.85. The number of hydrogen-bond acceptors (Lipinski definition) is 8. The van der Waals surface area contributed by atoms with Gasteiger partial charge in [0.15, 0.2) is 5.16 Å². The molecular formula is C24H33ClN6O2S. The molecule has 2 fully saturated rings. The highest BCUT2D eigenvalue weighted by Crippen LogP contribution is 2.25. The predicted octanol–water partition coefficient (Wildman–Crippen LogP) is 2.63. The van der Waals surface area contributed by atoms with Gasteiger partial charge in [-0.15, -0.1) is 0 Å². The molecular weight excluding hydrogens is 472 g/mol. The van der Waals surface area contributed by atoms with Crippen LogP contribution in [0.5, 0.6) is 0 Å². The molecule has 2 aliphatic rings. The maximum Gasteiger partial charge on any atom is 0.251 e. The molecule has 0 radical (unpaired) electrons. The van der Waals surface area contributed by atoms with Crippen molar-refractivity contribution < 1.29 is 9.53 Å². The molecule has 1 amide bonds. The van der Waals surface area contributed by atoms with Crippen molar-refractivity contribution in [2.24, 2.45) is 0 Å². The van der Waals surface area contributed by atoms with Gasteiger partial charge in [0.05, 0.1) is 13.2 Å². The van der Waals surface area contributed by atoms with Crippen molar-refractivity contribution in [1.29, 1.82) is 0 Å². The predicted molar refractivity (Wildman–Crippen MR) is 137 cm³/mol. The van der Waals surface area contributed by atoms with E-state index in [0.717, 1.165) is 77.0 Å². The van der Waals surface area contributed by atoms with E-state index in [1.165, 1.54) is 0 Å². The van der Waals surface area contributed by atoms with Gasteiger partial charge in [-0.3, -0.25) is 9.69 Å². The average molecular weight is 505 g/mol. The summed E-state index contributed by atoms with van der Waals surface area (Å²) in [6.45, 7) is 12.1. The van der Waals surface area contributed by atoms with Crippen molar-refractivity contribution in [3.05, 3.63) is 46.6 Å². The van der Waals surface area contributed by atoms with Gasteiger partial charge in [-0.1, -0.05) is 42.4 Å². The number of piperazine rings is 1. The number of anilines is 1. The number of hydrogen-bond donors (Lipinski definition) is 1. The highest BCUT2D eigenvalue weighted by molar-refractivity contribution is 7.98. The fraction of sp³-hybridized carbons (Fsp3) is 0.542. The molecule has 0 aliphatic carbocycles. The number of rotatable bonds is 9. The third-order valence-corrected chi connectivity index (χ3v) is 7.32. The summed E-state index contributed by atoms with van der Waals surface area (Å²) in [6.07, 6.45) is 0. The van der Waals surface area contributed by atoms with Crippen LogP contribution in [-0.2, 0) is 10.5 Å². The van der Waals surface area contributed by atoms with E-state index in [1.54, 1.807) is 11.8 Å². The molecule has 0 unspecified atom stereocenters. The van der Waals surface area contributed by atoms with Gasteiger partial charge < -0.3 is 19.9 Å². The van der Waals surface area contributed by atoms with E-state index in [4.69, 9.17) is 21.3 Å². The second kappa shape index (κ2) is 12.7. The monoisotopic (exact) mass is 504 g/mol. The van der Waals surface area contributed by atoms with E-state index < -0.39 is 0 Å². The summed E-state index contributed by atoms with van der Waals surface area (Å²) in [5, 5.41) is 4.14. The van der Waals surface area contributed by atoms with Crippen LogP contribution in [-0.4, -0.2) is 97.8 Å². The van der Waals surface area contributed by atoms with E-state index in [1.807, 2.05) is 30.3 Å². The second-order valence-electron chi connectivity index (χ2n) is 8.45. The van der Waals surface area contributed by atoms with Crippen molar-refractivity contribution in [3.63, 3.8) is 0 Å². The van der Waals surface area contributed by atoms with Crippen LogP contribution in [0.4, 0.5) is 5.82 Å². The summed E-state index contributed by atoms with van der Waals surface area (Å²) in [4.78, 5) is 28.6. The molecule has 1 aromatic carbocycles. The van der Waals surface area contributed by atoms with Gasteiger partial charge in [0.1, 0.15) is 11.0 Å². The van der Waals surface area contributed by atoms with Crippen LogP contribution >= 0.6 is 23.4 Å². The van der Waals surface area contributed by atoms with Crippen LogP contribution in [0.3, 0.4) is 0 Å². The molecule has 1 aromatic heterocycles. The van der Waals surface area contributed by atoms with E-state index in [9.17, 15) is 4.79 Å². The molecule has 10 heteroatoms. The molecule has 34 heavy (non-hydrogen) atoms. The lowest BCUT2D eigenvalue weighted by molar-refractivity contribution is 0.0383. The third-order valence-electron chi connectivity index (χ3n) is 6.21. The fourth-order valence-electron chi connectivity index (χ4n) is 4.06. The summed E-state index contributed by atoms with van der Waals surface area (Å²) in [5.41, 5.74) is 1.78. The first-order chi connectivity index (χ1) is 16.6. The number of morpholine rings is 1. The van der Waals surface area contributed by atoms with Crippen LogP contribution in [0.2, 0.25) is 5.15 Å². The Bertz CT molecular complexity index is 934. The van der Waals surface area contributed by atoms with Crippen LogP contribution in [0.25, 0.3) is 0 Å². The minimum atomic E-state index is -0.0431. The molecule has 1 N–H and O–H groups in total. The Hall–Kier alpha value is -1.91. The number of likely N-dealkylation sites (N-methyl/N-ethyl adjacent to an activating group) is 1. The minimum Gasteiger partial charge on any atom is -0.379 e. The highest BCUT2D eigenvalue weighted by Gasteiger charge is 2.18. The van der Waals surface area contributed by atoms with Crippen LogP contribution in [0.1, 0.15) is 22.8 Å². The van der Waals surface area contributed by atoms with Gasteiger partial charge in [0.2, 0.25) is 0 Å². The number of halogens is 1. The van der Waals surface area contributed by atoms with Gasteiger partial charge in [0, 0.05) is 69.7 Å². The van der Waals surface area contributed by atoms with Crippen molar-refractivity contribution in [2.75, 3.05) is 77.0 Å². The molecule has 4 rings (SSSR count). The molecule has 3 heterocycles. The van der Waals surface area contributed by atoms with Gasteiger partial charge in [0.25, 0.3) is 5.91 Å². The Morgan fingerprint density at radius 3 is 2.50 bits per heavy atom. The fourth-order valence-corrected chi connectivity index (χ4v) is 5.10. The number of ether oxygens (including phenoxy) is 1. The molecule has 2 aliphatic heterocycles. The smallest absolute Gasteiger partial charge is 0.251 e. The summed E-state index contributed by atoms with van der Waals surface area (Å²) < 4.78 is 5.35. The first kappa shape index (κ1) is 25.2. The van der Waals surface area contributed by atoms with Gasteiger partial charge in [-0.05, 0) is 24.2 Å². The lowest BCUT2D eigenvalue weighted by atomic mass is 10.1. The van der Waals surface area contributed by atoms with Crippen LogP contribution in [0.15, 0.2) is 35.5 Å². The van der Waals surface area contributed by atoms with Crippen molar-refractivity contribution in [1.82, 2.24) is 25.1 Å². The van der Waals surface area contributed by atoms with E-state index in [0.29, 0.717) is 28.2 Å². The number of carbonyl (C=O) groups excluding carboxylic acids is 1. The maximum atomic E-state index is 12.4. The zero-order valence-corrected chi connectivity index (χ0v) is 21.3. The summed E-state index contributed by atoms with van der Waals surface area (Å²) in [5.74, 6) is 1.56. The Kier molecular flexibility index (Phi) is 9.41. The number of nitrogens with zero attached hydrogens (tertiary/aromatic N) is 5. The number of amides is 1. The molecule has 184 valence electrons. The quantitative estimate of drug-likeness (QED) is 0.317. The number of thioether (sulfide) groups is 1. The molecule has 0 saturated carbocycles. The first-order valence-corrected chi connectivity index (χ1v) is 13.3. The van der Waals surface area contributed by atoms with E-state index >= 15 is 0 Å². The number of nitrogens with one attached hydrogen (secondary N) is 1. The lowest BCUT2D eigenvalue weighted by Gasteiger charge is -2.34. The van der Waals surface area contributed by atoms with Crippen LogP contribution in [0, 0.1) is 0 Å². The van der Waals surface area contributed by atoms with E-state index in [-0.39, 0.29) is 5.91 Å². The molecule has 2 aromatic rings. The third kappa shape index (κ3) is 7.29. The van der Waals surface area contributed by atoms with Gasteiger partial charge >= 0.3 is 0 Å². The zero-order chi connectivity index (χ0) is 23.8. The molecule has 8 nitrogen and oxygen atoms in total. The maximum absolute atomic E-state index is 12.4. The second-order valence-corrected chi connectivity index (χ2v) is 9.78. The van der Waals surface area contributed by atoms with Gasteiger partial charge in [-0.2, -0.15) is 0 Å². The summed E-state index contributed by atoms with van der Waals surface area (Å²) in [7, 11) is 0. The largest absolute Gasteiger partial charge is 0.379 e. The number of benzene rings is 1. The van der Waals surface area contributed by atoms with Crippen molar-refractivity contribution >= 4 is 35.1 Å². The average Bonchev–Trinajstić information content (AvgIpc) is 2.88.